The molecular formula is C11H21N3O2. The third kappa shape index (κ3) is 4.18. The van der Waals surface area contributed by atoms with Gasteiger partial charge in [0.1, 0.15) is 0 Å². The number of carbonyl (C=O) groups is 2. The summed E-state index contributed by atoms with van der Waals surface area (Å²) in [7, 11) is 1.82. The molecule has 1 heterocycles. The SMILES string of the molecule is CC(=O)NCC(=O)N(C)C1CCCNCC1. The van der Waals surface area contributed by atoms with Gasteiger partial charge in [-0.1, -0.05) is 0 Å². The van der Waals surface area contributed by atoms with Crippen molar-refractivity contribution in [3.63, 3.8) is 0 Å². The molecular weight excluding hydrogens is 206 g/mol. The summed E-state index contributed by atoms with van der Waals surface area (Å²) in [6.45, 7) is 3.52. The largest absolute Gasteiger partial charge is 0.347 e. The van der Waals surface area contributed by atoms with Crippen molar-refractivity contribution in [2.24, 2.45) is 0 Å². The molecule has 1 aliphatic heterocycles. The van der Waals surface area contributed by atoms with Crippen molar-refractivity contribution in [2.75, 3.05) is 26.7 Å². The molecule has 5 heteroatoms. The van der Waals surface area contributed by atoms with Crippen LogP contribution in [0.3, 0.4) is 0 Å². The average molecular weight is 227 g/mol. The lowest BCUT2D eigenvalue weighted by Crippen LogP contribution is -2.43. The van der Waals surface area contributed by atoms with Crippen LogP contribution < -0.4 is 10.6 Å². The number of hydrogen-bond acceptors (Lipinski definition) is 3. The van der Waals surface area contributed by atoms with Gasteiger partial charge in [-0.05, 0) is 32.4 Å². The molecule has 0 radical (unpaired) electrons. The lowest BCUT2D eigenvalue weighted by Gasteiger charge is -2.27. The molecule has 0 saturated carbocycles. The van der Waals surface area contributed by atoms with E-state index in [1.54, 1.807) is 4.90 Å². The van der Waals surface area contributed by atoms with Gasteiger partial charge in [-0.3, -0.25) is 9.59 Å². The molecule has 2 amide bonds. The van der Waals surface area contributed by atoms with Crippen LogP contribution in [0.2, 0.25) is 0 Å². The number of amides is 2. The highest BCUT2D eigenvalue weighted by atomic mass is 16.2. The van der Waals surface area contributed by atoms with E-state index in [2.05, 4.69) is 10.6 Å². The molecule has 0 spiro atoms. The van der Waals surface area contributed by atoms with Crippen molar-refractivity contribution >= 4 is 11.8 Å². The van der Waals surface area contributed by atoms with Crippen molar-refractivity contribution in [1.82, 2.24) is 15.5 Å². The summed E-state index contributed by atoms with van der Waals surface area (Å²) >= 11 is 0. The highest BCUT2D eigenvalue weighted by Crippen LogP contribution is 2.11. The van der Waals surface area contributed by atoms with Crippen LogP contribution in [0.15, 0.2) is 0 Å². The smallest absolute Gasteiger partial charge is 0.241 e. The minimum absolute atomic E-state index is 0.0119. The zero-order valence-corrected chi connectivity index (χ0v) is 10.1. The lowest BCUT2D eigenvalue weighted by molar-refractivity contribution is -0.133. The zero-order chi connectivity index (χ0) is 12.0. The standard InChI is InChI=1S/C11H21N3O2/c1-9(15)13-8-11(16)14(2)10-4-3-6-12-7-5-10/h10,12H,3-8H2,1-2H3,(H,13,15). The van der Waals surface area contributed by atoms with Crippen molar-refractivity contribution in [3.8, 4) is 0 Å². The predicted octanol–water partition coefficient (Wildman–Crippen LogP) is -0.277. The topological polar surface area (TPSA) is 61.4 Å². The Hall–Kier alpha value is -1.10. The van der Waals surface area contributed by atoms with Crippen LogP contribution in [0.5, 0.6) is 0 Å². The second-order valence-electron chi connectivity index (χ2n) is 4.25. The molecule has 2 N–H and O–H groups in total. The maximum atomic E-state index is 11.7. The first-order valence-electron chi connectivity index (χ1n) is 5.82. The normalized spacial score (nSPS) is 21.0. The molecule has 1 saturated heterocycles. The van der Waals surface area contributed by atoms with Gasteiger partial charge in [0.2, 0.25) is 11.8 Å². The first-order valence-corrected chi connectivity index (χ1v) is 5.82. The van der Waals surface area contributed by atoms with Gasteiger partial charge in [-0.25, -0.2) is 0 Å². The monoisotopic (exact) mass is 227 g/mol. The maximum absolute atomic E-state index is 11.7. The molecule has 16 heavy (non-hydrogen) atoms. The summed E-state index contributed by atoms with van der Waals surface area (Å²) in [6, 6.07) is 0.302. The number of hydrogen-bond donors (Lipinski definition) is 2. The summed E-state index contributed by atoms with van der Waals surface area (Å²) in [5.74, 6) is -0.175. The zero-order valence-electron chi connectivity index (χ0n) is 10.1. The average Bonchev–Trinajstić information content (AvgIpc) is 2.53. The van der Waals surface area contributed by atoms with Crippen molar-refractivity contribution < 1.29 is 9.59 Å². The van der Waals surface area contributed by atoms with E-state index in [0.717, 1.165) is 32.4 Å². The molecule has 0 aromatic carbocycles. The van der Waals surface area contributed by atoms with Crippen LogP contribution in [0.4, 0.5) is 0 Å². The molecule has 5 nitrogen and oxygen atoms in total. The number of likely N-dealkylation sites (N-methyl/N-ethyl adjacent to an activating group) is 1. The highest BCUT2D eigenvalue weighted by molar-refractivity contribution is 5.83. The summed E-state index contributed by atoms with van der Waals surface area (Å²) in [4.78, 5) is 24.2. The molecule has 0 aliphatic carbocycles. The Morgan fingerprint density at radius 1 is 1.38 bits per heavy atom. The molecule has 1 fully saturated rings. The molecule has 0 aromatic heterocycles. The van der Waals surface area contributed by atoms with E-state index in [0.29, 0.717) is 6.04 Å². The predicted molar refractivity (Wildman–Crippen MR) is 62.0 cm³/mol. The second kappa shape index (κ2) is 6.48. The van der Waals surface area contributed by atoms with Crippen molar-refractivity contribution in [2.45, 2.75) is 32.2 Å². The Kier molecular flexibility index (Phi) is 5.25. The molecule has 1 atom stereocenters. The van der Waals surface area contributed by atoms with Gasteiger partial charge in [0.05, 0.1) is 6.54 Å². The fraction of sp³-hybridized carbons (Fsp3) is 0.818. The molecule has 1 unspecified atom stereocenters. The number of carbonyl (C=O) groups excluding carboxylic acids is 2. The minimum atomic E-state index is -0.163. The third-order valence-corrected chi connectivity index (χ3v) is 2.97. The third-order valence-electron chi connectivity index (χ3n) is 2.97. The van der Waals surface area contributed by atoms with E-state index in [1.807, 2.05) is 7.05 Å². The number of rotatable bonds is 3. The molecule has 0 bridgehead atoms. The maximum Gasteiger partial charge on any atom is 0.241 e. The molecule has 1 aliphatic rings. The van der Waals surface area contributed by atoms with E-state index >= 15 is 0 Å². The van der Waals surface area contributed by atoms with Gasteiger partial charge in [-0.15, -0.1) is 0 Å². The van der Waals surface area contributed by atoms with E-state index in [4.69, 9.17) is 0 Å². The van der Waals surface area contributed by atoms with E-state index < -0.39 is 0 Å². The van der Waals surface area contributed by atoms with Gasteiger partial charge < -0.3 is 15.5 Å². The van der Waals surface area contributed by atoms with Crippen molar-refractivity contribution in [3.05, 3.63) is 0 Å². The molecule has 0 aromatic rings. The van der Waals surface area contributed by atoms with Crippen LogP contribution in [-0.4, -0.2) is 49.4 Å². The fourth-order valence-corrected chi connectivity index (χ4v) is 1.92. The van der Waals surface area contributed by atoms with Crippen LogP contribution >= 0.6 is 0 Å². The first kappa shape index (κ1) is 13.0. The lowest BCUT2D eigenvalue weighted by atomic mass is 10.1. The minimum Gasteiger partial charge on any atom is -0.347 e. The Bertz CT molecular complexity index is 248. The summed E-state index contributed by atoms with van der Waals surface area (Å²) in [6.07, 6.45) is 3.13. The van der Waals surface area contributed by atoms with Gasteiger partial charge in [0.15, 0.2) is 0 Å². The highest BCUT2D eigenvalue weighted by Gasteiger charge is 2.20. The fourth-order valence-electron chi connectivity index (χ4n) is 1.92. The van der Waals surface area contributed by atoms with Gasteiger partial charge in [0.25, 0.3) is 0 Å². The quantitative estimate of drug-likeness (QED) is 0.697. The van der Waals surface area contributed by atoms with Crippen LogP contribution in [0.1, 0.15) is 26.2 Å². The van der Waals surface area contributed by atoms with Crippen molar-refractivity contribution in [1.29, 1.82) is 0 Å². The number of nitrogens with one attached hydrogen (secondary N) is 2. The summed E-state index contributed by atoms with van der Waals surface area (Å²) < 4.78 is 0. The second-order valence-corrected chi connectivity index (χ2v) is 4.25. The van der Waals surface area contributed by atoms with E-state index in [9.17, 15) is 9.59 Å². The number of nitrogens with zero attached hydrogens (tertiary/aromatic N) is 1. The first-order chi connectivity index (χ1) is 7.61. The summed E-state index contributed by atoms with van der Waals surface area (Å²) in [5.41, 5.74) is 0. The van der Waals surface area contributed by atoms with Gasteiger partial charge in [-0.2, -0.15) is 0 Å². The molecule has 1 rings (SSSR count). The Labute approximate surface area is 96.6 Å². The van der Waals surface area contributed by atoms with Crippen LogP contribution in [0, 0.1) is 0 Å². The summed E-state index contributed by atoms with van der Waals surface area (Å²) in [5, 5.41) is 5.85. The van der Waals surface area contributed by atoms with Gasteiger partial charge in [0, 0.05) is 20.0 Å². The Morgan fingerprint density at radius 3 is 2.81 bits per heavy atom. The van der Waals surface area contributed by atoms with Crippen LogP contribution in [-0.2, 0) is 9.59 Å². The van der Waals surface area contributed by atoms with E-state index in [1.165, 1.54) is 6.92 Å². The Morgan fingerprint density at radius 2 is 2.12 bits per heavy atom. The molecule has 92 valence electrons. The van der Waals surface area contributed by atoms with E-state index in [-0.39, 0.29) is 18.4 Å². The van der Waals surface area contributed by atoms with Crippen LogP contribution in [0.25, 0.3) is 0 Å². The van der Waals surface area contributed by atoms with Gasteiger partial charge >= 0.3 is 0 Å². The Balaban J connectivity index is 2.38.